The highest BCUT2D eigenvalue weighted by molar-refractivity contribution is 5.61. The lowest BCUT2D eigenvalue weighted by Gasteiger charge is -2.21. The first-order valence-corrected chi connectivity index (χ1v) is 7.52. The Bertz CT molecular complexity index is 647. The number of rotatable bonds is 3. The van der Waals surface area contributed by atoms with E-state index in [0.717, 1.165) is 12.1 Å². The lowest BCUT2D eigenvalue weighted by atomic mass is 10.1. The number of hydrogen-bond acceptors (Lipinski definition) is 4. The van der Waals surface area contributed by atoms with Crippen molar-refractivity contribution < 1.29 is 9.94 Å². The number of nitrogens with one attached hydrogen (secondary N) is 1. The van der Waals surface area contributed by atoms with Crippen LogP contribution in [-0.2, 0) is 6.54 Å². The van der Waals surface area contributed by atoms with Gasteiger partial charge in [-0.05, 0) is 38.5 Å². The van der Waals surface area contributed by atoms with Gasteiger partial charge in [0, 0.05) is 17.6 Å². The van der Waals surface area contributed by atoms with Gasteiger partial charge in [-0.2, -0.15) is 0 Å². The topological polar surface area (TPSA) is 44.7 Å². The monoisotopic (exact) mass is 298 g/mol. The third-order valence-corrected chi connectivity index (χ3v) is 3.66. The van der Waals surface area contributed by atoms with Gasteiger partial charge in [0.25, 0.3) is 0 Å². The van der Waals surface area contributed by atoms with Crippen LogP contribution in [0.25, 0.3) is 0 Å². The summed E-state index contributed by atoms with van der Waals surface area (Å²) in [5, 5.41) is 14.9. The number of fused-ring (bicyclic) bond motifs is 1. The van der Waals surface area contributed by atoms with Crippen molar-refractivity contribution in [2.45, 2.75) is 39.1 Å². The maximum atomic E-state index is 10.3. The van der Waals surface area contributed by atoms with Crippen molar-refractivity contribution in [2.75, 3.05) is 5.06 Å². The van der Waals surface area contributed by atoms with Gasteiger partial charge >= 0.3 is 0 Å². The number of hydrogen-bond donors (Lipinski definition) is 2. The van der Waals surface area contributed by atoms with Gasteiger partial charge in [-0.1, -0.05) is 36.4 Å². The second-order valence-corrected chi connectivity index (χ2v) is 6.63. The molecule has 2 aromatic carbocycles. The Labute approximate surface area is 131 Å². The lowest BCUT2D eigenvalue weighted by molar-refractivity contribution is 0.114. The Kier molecular flexibility index (Phi) is 3.81. The molecule has 2 N–H and O–H groups in total. The van der Waals surface area contributed by atoms with Gasteiger partial charge < -0.3 is 10.1 Å². The van der Waals surface area contributed by atoms with Gasteiger partial charge in [0.15, 0.2) is 0 Å². The first-order valence-electron chi connectivity index (χ1n) is 7.52. The number of nitrogens with zero attached hydrogens (tertiary/aromatic N) is 1. The molecular weight excluding hydrogens is 276 g/mol. The van der Waals surface area contributed by atoms with Crippen molar-refractivity contribution in [1.29, 1.82) is 0 Å². The number of anilines is 1. The van der Waals surface area contributed by atoms with Crippen LogP contribution < -0.4 is 15.1 Å². The van der Waals surface area contributed by atoms with Gasteiger partial charge in [-0.25, -0.2) is 5.06 Å². The van der Waals surface area contributed by atoms with Crippen LogP contribution in [-0.4, -0.2) is 10.7 Å². The zero-order valence-electron chi connectivity index (χ0n) is 13.2. The molecule has 3 rings (SSSR count). The van der Waals surface area contributed by atoms with Gasteiger partial charge in [0.1, 0.15) is 11.4 Å². The predicted molar refractivity (Wildman–Crippen MR) is 87.1 cm³/mol. The van der Waals surface area contributed by atoms with E-state index in [4.69, 9.17) is 4.74 Å². The van der Waals surface area contributed by atoms with Crippen molar-refractivity contribution in [3.63, 3.8) is 0 Å². The van der Waals surface area contributed by atoms with Crippen LogP contribution in [0.2, 0.25) is 0 Å². The van der Waals surface area contributed by atoms with Crippen molar-refractivity contribution in [3.05, 3.63) is 59.7 Å². The SMILES string of the molecule is CC(C)(C)NCc1ccc(C2Oc3ccccc3N2O)cc1. The number of ether oxygens (including phenoxy) is 1. The second kappa shape index (κ2) is 5.63. The minimum Gasteiger partial charge on any atom is -0.462 e. The highest BCUT2D eigenvalue weighted by Crippen LogP contribution is 2.41. The van der Waals surface area contributed by atoms with Crippen molar-refractivity contribution in [1.82, 2.24) is 5.32 Å². The minimum absolute atomic E-state index is 0.0940. The van der Waals surface area contributed by atoms with E-state index in [9.17, 15) is 5.21 Å². The Balaban J connectivity index is 1.72. The molecule has 4 nitrogen and oxygen atoms in total. The molecule has 0 aromatic heterocycles. The van der Waals surface area contributed by atoms with Crippen LogP contribution >= 0.6 is 0 Å². The van der Waals surface area contributed by atoms with E-state index in [1.807, 2.05) is 36.4 Å². The third-order valence-electron chi connectivity index (χ3n) is 3.66. The molecule has 4 heteroatoms. The first-order chi connectivity index (χ1) is 10.4. The van der Waals surface area contributed by atoms with Crippen LogP contribution in [0.4, 0.5) is 5.69 Å². The van der Waals surface area contributed by atoms with E-state index in [1.54, 1.807) is 0 Å². The average Bonchev–Trinajstić information content (AvgIpc) is 2.83. The largest absolute Gasteiger partial charge is 0.462 e. The van der Waals surface area contributed by atoms with Crippen molar-refractivity contribution in [3.8, 4) is 5.75 Å². The minimum atomic E-state index is -0.484. The molecule has 0 fully saturated rings. The summed E-state index contributed by atoms with van der Waals surface area (Å²) in [6, 6.07) is 15.6. The lowest BCUT2D eigenvalue weighted by Crippen LogP contribution is -2.35. The normalized spacial score (nSPS) is 17.3. The smallest absolute Gasteiger partial charge is 0.221 e. The molecule has 0 saturated carbocycles. The summed E-state index contributed by atoms with van der Waals surface area (Å²) in [5.74, 6) is 0.702. The summed E-state index contributed by atoms with van der Waals surface area (Å²) in [4.78, 5) is 0. The van der Waals surface area contributed by atoms with E-state index in [1.165, 1.54) is 10.6 Å². The van der Waals surface area contributed by atoms with Crippen LogP contribution in [0.1, 0.15) is 38.1 Å². The zero-order chi connectivity index (χ0) is 15.7. The predicted octanol–water partition coefficient (Wildman–Crippen LogP) is 3.86. The third kappa shape index (κ3) is 3.08. The van der Waals surface area contributed by atoms with E-state index in [-0.39, 0.29) is 5.54 Å². The highest BCUT2D eigenvalue weighted by atomic mass is 16.6. The fraction of sp³-hybridized carbons (Fsp3) is 0.333. The fourth-order valence-electron chi connectivity index (χ4n) is 2.42. The number of hydroxylamine groups is 1. The summed E-state index contributed by atoms with van der Waals surface area (Å²) >= 11 is 0. The van der Waals surface area contributed by atoms with Crippen molar-refractivity contribution >= 4 is 5.69 Å². The molecule has 116 valence electrons. The zero-order valence-corrected chi connectivity index (χ0v) is 13.2. The molecule has 0 bridgehead atoms. The van der Waals surface area contributed by atoms with Crippen molar-refractivity contribution in [2.24, 2.45) is 0 Å². The summed E-state index contributed by atoms with van der Waals surface area (Å²) in [5.41, 5.74) is 2.93. The molecule has 0 amide bonds. The van der Waals surface area contributed by atoms with Gasteiger partial charge in [0.2, 0.25) is 6.23 Å². The second-order valence-electron chi connectivity index (χ2n) is 6.63. The molecule has 1 aliphatic rings. The van der Waals surface area contributed by atoms with Gasteiger partial charge in [-0.15, -0.1) is 0 Å². The molecule has 2 aromatic rings. The highest BCUT2D eigenvalue weighted by Gasteiger charge is 2.30. The standard InChI is InChI=1S/C18H22N2O2/c1-18(2,3)19-12-13-8-10-14(11-9-13)17-20(21)15-6-4-5-7-16(15)22-17/h4-11,17,19,21H,12H2,1-3H3. The molecule has 0 aliphatic carbocycles. The molecule has 0 saturated heterocycles. The maximum Gasteiger partial charge on any atom is 0.221 e. The van der Waals surface area contributed by atoms with E-state index >= 15 is 0 Å². The number of benzene rings is 2. The summed E-state index contributed by atoms with van der Waals surface area (Å²) in [7, 11) is 0. The quantitative estimate of drug-likeness (QED) is 0.903. The molecule has 1 unspecified atom stereocenters. The van der Waals surface area contributed by atoms with Gasteiger partial charge in [0.05, 0.1) is 0 Å². The fourth-order valence-corrected chi connectivity index (χ4v) is 2.42. The van der Waals surface area contributed by atoms with Crippen LogP contribution in [0.5, 0.6) is 5.75 Å². The Morgan fingerprint density at radius 3 is 2.41 bits per heavy atom. The molecule has 22 heavy (non-hydrogen) atoms. The molecule has 1 heterocycles. The van der Waals surface area contributed by atoms with E-state index in [0.29, 0.717) is 11.4 Å². The summed E-state index contributed by atoms with van der Waals surface area (Å²) in [6.45, 7) is 7.26. The molecule has 1 aliphatic heterocycles. The average molecular weight is 298 g/mol. The van der Waals surface area contributed by atoms with E-state index in [2.05, 4.69) is 38.2 Å². The Morgan fingerprint density at radius 2 is 1.77 bits per heavy atom. The molecule has 0 spiro atoms. The van der Waals surface area contributed by atoms with Crippen LogP contribution in [0, 0.1) is 0 Å². The molecular formula is C18H22N2O2. The molecule has 0 radical (unpaired) electrons. The first kappa shape index (κ1) is 14.9. The van der Waals surface area contributed by atoms with Crippen LogP contribution in [0.15, 0.2) is 48.5 Å². The molecule has 1 atom stereocenters. The van der Waals surface area contributed by atoms with Crippen LogP contribution in [0.3, 0.4) is 0 Å². The van der Waals surface area contributed by atoms with E-state index < -0.39 is 6.23 Å². The summed E-state index contributed by atoms with van der Waals surface area (Å²) in [6.07, 6.45) is -0.484. The maximum absolute atomic E-state index is 10.3. The Hall–Kier alpha value is -2.04. The van der Waals surface area contributed by atoms with Gasteiger partial charge in [-0.3, -0.25) is 5.21 Å². The Morgan fingerprint density at radius 1 is 1.09 bits per heavy atom. The summed E-state index contributed by atoms with van der Waals surface area (Å²) < 4.78 is 5.82. The number of para-hydroxylation sites is 2.